The average Bonchev–Trinajstić information content (AvgIpc) is 2.86. The lowest BCUT2D eigenvalue weighted by atomic mass is 10.2. The number of thiophene rings is 1. The molecule has 0 amide bonds. The summed E-state index contributed by atoms with van der Waals surface area (Å²) >= 11 is 4.51. The van der Waals surface area contributed by atoms with Crippen LogP contribution in [0.25, 0.3) is 0 Å². The van der Waals surface area contributed by atoms with Gasteiger partial charge in [-0.05, 0) is 57.4 Å². The second-order valence-corrected chi connectivity index (χ2v) is 7.52. The third-order valence-electron chi connectivity index (χ3n) is 2.72. The van der Waals surface area contributed by atoms with E-state index in [1.807, 2.05) is 16.8 Å². The van der Waals surface area contributed by atoms with Crippen LogP contribution >= 0.6 is 27.3 Å². The van der Waals surface area contributed by atoms with Crippen molar-refractivity contribution in [2.75, 3.05) is 5.73 Å². The van der Waals surface area contributed by atoms with E-state index in [9.17, 15) is 12.8 Å². The summed E-state index contributed by atoms with van der Waals surface area (Å²) < 4.78 is 41.0. The van der Waals surface area contributed by atoms with Crippen molar-refractivity contribution < 1.29 is 12.8 Å². The average molecular weight is 379 g/mol. The molecule has 4 nitrogen and oxygen atoms in total. The maximum absolute atomic E-state index is 13.8. The highest BCUT2D eigenvalue weighted by Crippen LogP contribution is 2.27. The molecule has 0 radical (unpaired) electrons. The molecule has 2 aromatic rings. The summed E-state index contributed by atoms with van der Waals surface area (Å²) in [5.41, 5.74) is 6.59. The lowest BCUT2D eigenvalue weighted by Crippen LogP contribution is -2.27. The van der Waals surface area contributed by atoms with Crippen LogP contribution in [0.4, 0.5) is 10.1 Å². The minimum absolute atomic E-state index is 0.162. The minimum atomic E-state index is -3.98. The Labute approximate surface area is 129 Å². The van der Waals surface area contributed by atoms with E-state index >= 15 is 0 Å². The zero-order chi connectivity index (χ0) is 14.9. The monoisotopic (exact) mass is 378 g/mol. The number of nitrogens with one attached hydrogen (secondary N) is 1. The molecule has 2 rings (SSSR count). The van der Waals surface area contributed by atoms with Crippen molar-refractivity contribution in [2.45, 2.75) is 17.9 Å². The molecule has 20 heavy (non-hydrogen) atoms. The Kier molecular flexibility index (Phi) is 4.48. The first-order chi connectivity index (χ1) is 9.31. The van der Waals surface area contributed by atoms with Gasteiger partial charge in [-0.3, -0.25) is 0 Å². The van der Waals surface area contributed by atoms with Crippen LogP contribution < -0.4 is 10.5 Å². The van der Waals surface area contributed by atoms with Gasteiger partial charge in [-0.1, -0.05) is 0 Å². The van der Waals surface area contributed by atoms with Crippen LogP contribution in [0.3, 0.4) is 0 Å². The van der Waals surface area contributed by atoms with Gasteiger partial charge in [0, 0.05) is 16.2 Å². The normalized spacial score (nSPS) is 13.3. The fraction of sp³-hybridized carbons (Fsp3) is 0.167. The molecule has 1 aromatic carbocycles. The molecule has 0 aliphatic carbocycles. The number of benzene rings is 1. The van der Waals surface area contributed by atoms with Crippen LogP contribution in [0, 0.1) is 5.82 Å². The topological polar surface area (TPSA) is 72.2 Å². The third kappa shape index (κ3) is 3.20. The number of halogens is 2. The maximum atomic E-state index is 13.8. The van der Waals surface area contributed by atoms with E-state index in [2.05, 4.69) is 20.7 Å². The SMILES string of the molecule is CC(NS(=O)(=O)c1cc(N)c(Br)cc1F)c1ccsc1. The van der Waals surface area contributed by atoms with Crippen molar-refractivity contribution in [2.24, 2.45) is 0 Å². The molecule has 0 saturated carbocycles. The highest BCUT2D eigenvalue weighted by Gasteiger charge is 2.23. The van der Waals surface area contributed by atoms with E-state index < -0.39 is 26.8 Å². The first-order valence-corrected chi connectivity index (χ1v) is 8.82. The second kappa shape index (κ2) is 5.80. The minimum Gasteiger partial charge on any atom is -0.398 e. The van der Waals surface area contributed by atoms with Crippen LogP contribution in [0.5, 0.6) is 0 Å². The smallest absolute Gasteiger partial charge is 0.244 e. The zero-order valence-corrected chi connectivity index (χ0v) is 13.6. The van der Waals surface area contributed by atoms with Crippen molar-refractivity contribution in [1.82, 2.24) is 4.72 Å². The summed E-state index contributed by atoms with van der Waals surface area (Å²) in [6.45, 7) is 1.69. The predicted molar refractivity (Wildman–Crippen MR) is 81.6 cm³/mol. The van der Waals surface area contributed by atoms with Crippen LogP contribution in [0.2, 0.25) is 0 Å². The molecule has 1 aromatic heterocycles. The number of nitrogen functional groups attached to an aromatic ring is 1. The Hall–Kier alpha value is -0.960. The molecule has 1 heterocycles. The lowest BCUT2D eigenvalue weighted by molar-refractivity contribution is 0.547. The first kappa shape index (κ1) is 15.4. The Balaban J connectivity index is 2.34. The Morgan fingerprint density at radius 1 is 1.45 bits per heavy atom. The summed E-state index contributed by atoms with van der Waals surface area (Å²) in [5.74, 6) is -0.851. The zero-order valence-electron chi connectivity index (χ0n) is 10.4. The van der Waals surface area contributed by atoms with Crippen LogP contribution in [0.1, 0.15) is 18.5 Å². The number of sulfonamides is 1. The van der Waals surface area contributed by atoms with Crippen molar-refractivity contribution in [1.29, 1.82) is 0 Å². The van der Waals surface area contributed by atoms with E-state index in [4.69, 9.17) is 5.73 Å². The molecule has 3 N–H and O–H groups in total. The summed E-state index contributed by atoms with van der Waals surface area (Å²) in [4.78, 5) is -0.458. The van der Waals surface area contributed by atoms with Gasteiger partial charge in [0.05, 0.1) is 0 Å². The molecule has 0 aliphatic rings. The quantitative estimate of drug-likeness (QED) is 0.801. The van der Waals surface area contributed by atoms with Gasteiger partial charge in [0.2, 0.25) is 10.0 Å². The molecule has 1 unspecified atom stereocenters. The summed E-state index contributed by atoms with van der Waals surface area (Å²) in [6, 6.07) is 3.50. The molecule has 1 atom stereocenters. The highest BCUT2D eigenvalue weighted by molar-refractivity contribution is 9.10. The van der Waals surface area contributed by atoms with Crippen molar-refractivity contribution >= 4 is 43.0 Å². The predicted octanol–water partition coefficient (Wildman–Crippen LogP) is 3.27. The van der Waals surface area contributed by atoms with Gasteiger partial charge in [0.25, 0.3) is 0 Å². The standard InChI is InChI=1S/C12H12BrFN2O2S2/c1-7(8-2-3-19-6-8)16-20(17,18)12-5-11(15)9(13)4-10(12)14/h2-7,16H,15H2,1H3. The number of hydrogen-bond acceptors (Lipinski definition) is 4. The van der Waals surface area contributed by atoms with Crippen molar-refractivity contribution in [3.63, 3.8) is 0 Å². The van der Waals surface area contributed by atoms with Gasteiger partial charge >= 0.3 is 0 Å². The first-order valence-electron chi connectivity index (χ1n) is 5.60. The fourth-order valence-electron chi connectivity index (χ4n) is 1.64. The van der Waals surface area contributed by atoms with E-state index in [0.717, 1.165) is 17.7 Å². The third-order valence-corrected chi connectivity index (χ3v) is 5.66. The molecular weight excluding hydrogens is 367 g/mol. The molecule has 0 aliphatic heterocycles. The molecule has 0 saturated heterocycles. The van der Waals surface area contributed by atoms with E-state index in [-0.39, 0.29) is 5.69 Å². The number of nitrogens with two attached hydrogens (primary N) is 1. The van der Waals surface area contributed by atoms with Gasteiger partial charge in [-0.2, -0.15) is 11.3 Å². The van der Waals surface area contributed by atoms with Gasteiger partial charge < -0.3 is 5.73 Å². The Morgan fingerprint density at radius 2 is 2.15 bits per heavy atom. The molecular formula is C12H12BrFN2O2S2. The number of rotatable bonds is 4. The Morgan fingerprint density at radius 3 is 2.75 bits per heavy atom. The fourth-order valence-corrected chi connectivity index (χ4v) is 4.03. The number of anilines is 1. The summed E-state index contributed by atoms with van der Waals surface area (Å²) in [7, 11) is -3.98. The van der Waals surface area contributed by atoms with Gasteiger partial charge in [0.1, 0.15) is 10.7 Å². The summed E-state index contributed by atoms with van der Waals surface area (Å²) in [5, 5.41) is 3.68. The van der Waals surface area contributed by atoms with Crippen LogP contribution in [0.15, 0.2) is 38.3 Å². The molecule has 108 valence electrons. The Bertz CT molecular complexity index is 717. The lowest BCUT2D eigenvalue weighted by Gasteiger charge is -2.14. The van der Waals surface area contributed by atoms with E-state index in [0.29, 0.717) is 4.47 Å². The number of hydrogen-bond donors (Lipinski definition) is 2. The maximum Gasteiger partial charge on any atom is 0.244 e. The molecule has 0 bridgehead atoms. The van der Waals surface area contributed by atoms with Crippen molar-refractivity contribution in [3.05, 3.63) is 44.8 Å². The van der Waals surface area contributed by atoms with Gasteiger partial charge in [-0.25, -0.2) is 17.5 Å². The molecule has 8 heteroatoms. The molecule has 0 fully saturated rings. The van der Waals surface area contributed by atoms with Gasteiger partial charge in [-0.15, -0.1) is 0 Å². The van der Waals surface area contributed by atoms with Gasteiger partial charge in [0.15, 0.2) is 0 Å². The second-order valence-electron chi connectivity index (χ2n) is 4.20. The van der Waals surface area contributed by atoms with E-state index in [1.54, 1.807) is 6.92 Å². The van der Waals surface area contributed by atoms with Crippen LogP contribution in [-0.4, -0.2) is 8.42 Å². The largest absolute Gasteiger partial charge is 0.398 e. The highest BCUT2D eigenvalue weighted by atomic mass is 79.9. The van der Waals surface area contributed by atoms with Crippen LogP contribution in [-0.2, 0) is 10.0 Å². The van der Waals surface area contributed by atoms with E-state index in [1.165, 1.54) is 11.3 Å². The summed E-state index contributed by atoms with van der Waals surface area (Å²) in [6.07, 6.45) is 0. The van der Waals surface area contributed by atoms with Crippen molar-refractivity contribution in [3.8, 4) is 0 Å². The molecule has 0 spiro atoms.